The average molecular weight is 462 g/mol. The zero-order chi connectivity index (χ0) is 24.1. The van der Waals surface area contributed by atoms with E-state index in [9.17, 15) is 5.11 Å². The minimum absolute atomic E-state index is 0.123. The third-order valence-corrected chi connectivity index (χ3v) is 6.19. The molecule has 176 valence electrons. The summed E-state index contributed by atoms with van der Waals surface area (Å²) in [7, 11) is 0. The highest BCUT2D eigenvalue weighted by molar-refractivity contribution is 5.70. The van der Waals surface area contributed by atoms with E-state index in [1.807, 2.05) is 18.3 Å². The van der Waals surface area contributed by atoms with Crippen LogP contribution in [0.3, 0.4) is 0 Å². The lowest BCUT2D eigenvalue weighted by atomic mass is 9.77. The van der Waals surface area contributed by atoms with Gasteiger partial charge in [-0.25, -0.2) is 4.98 Å². The summed E-state index contributed by atoms with van der Waals surface area (Å²) in [5.41, 5.74) is 13.2. The van der Waals surface area contributed by atoms with E-state index in [-0.39, 0.29) is 11.8 Å². The van der Waals surface area contributed by atoms with Gasteiger partial charge in [0.25, 0.3) is 5.89 Å². The molecule has 34 heavy (non-hydrogen) atoms. The van der Waals surface area contributed by atoms with Crippen LogP contribution in [0.2, 0.25) is 0 Å². The van der Waals surface area contributed by atoms with Gasteiger partial charge in [-0.1, -0.05) is 11.2 Å². The smallest absolute Gasteiger partial charge is 0.261 e. The molecule has 11 nitrogen and oxygen atoms in total. The van der Waals surface area contributed by atoms with Gasteiger partial charge in [-0.3, -0.25) is 9.67 Å². The maximum atomic E-state index is 10.0. The summed E-state index contributed by atoms with van der Waals surface area (Å²) >= 11 is 0. The van der Waals surface area contributed by atoms with Crippen molar-refractivity contribution in [1.29, 1.82) is 0 Å². The molecule has 4 aromatic rings. The molecular formula is C23H27N9O2. The number of nitrogens with zero attached hydrogens (tertiary/aromatic N) is 7. The zero-order valence-corrected chi connectivity index (χ0v) is 19.3. The molecule has 0 aliphatic heterocycles. The molecule has 0 radical (unpaired) electrons. The highest BCUT2D eigenvalue weighted by atomic mass is 16.5. The Morgan fingerprint density at radius 1 is 1.09 bits per heavy atom. The first-order valence-corrected chi connectivity index (χ1v) is 11.1. The second-order valence-corrected chi connectivity index (χ2v) is 9.60. The molecule has 1 fully saturated rings. The van der Waals surface area contributed by atoms with Gasteiger partial charge in [0.05, 0.1) is 40.6 Å². The van der Waals surface area contributed by atoms with Crippen LogP contribution >= 0.6 is 0 Å². The van der Waals surface area contributed by atoms with E-state index in [1.165, 1.54) is 0 Å². The van der Waals surface area contributed by atoms with Gasteiger partial charge in [0, 0.05) is 18.6 Å². The largest absolute Gasteiger partial charge is 0.389 e. The molecule has 0 bridgehead atoms. The minimum Gasteiger partial charge on any atom is -0.389 e. The molecule has 1 aliphatic carbocycles. The Kier molecular flexibility index (Phi) is 5.08. The Bertz CT molecular complexity index is 1320. The molecule has 1 aliphatic rings. The normalized spacial score (nSPS) is 15.9. The van der Waals surface area contributed by atoms with Gasteiger partial charge < -0.3 is 21.1 Å². The van der Waals surface area contributed by atoms with Gasteiger partial charge in [0.15, 0.2) is 5.82 Å². The number of aliphatic hydroxyl groups is 1. The summed E-state index contributed by atoms with van der Waals surface area (Å²) in [6.07, 6.45) is 8.99. The van der Waals surface area contributed by atoms with Crippen LogP contribution in [-0.4, -0.2) is 45.6 Å². The molecule has 0 spiro atoms. The SMILES string of the molecule is CC(C)(O)Cn1cc(-c2nc([C@@](C)(c3ccc(-c4cnc(N)nc4N)nc3)C3CC3)no2)cn1. The first kappa shape index (κ1) is 22.0. The monoisotopic (exact) mass is 461 g/mol. The van der Waals surface area contributed by atoms with Crippen molar-refractivity contribution in [3.63, 3.8) is 0 Å². The quantitative estimate of drug-likeness (QED) is 0.372. The standard InChI is InChI=1S/C23H27N9O2/c1-22(2,33)12-32-11-13(8-28-32)19-30-20(31-34-19)23(3,14-4-5-14)15-6-7-17(26-9-15)16-10-27-21(25)29-18(16)24/h6-11,14,33H,4-5,12H2,1-3H3,(H4,24,25,27,29)/t23-/m1/s1. The summed E-state index contributed by atoms with van der Waals surface area (Å²) in [6, 6.07) is 3.90. The summed E-state index contributed by atoms with van der Waals surface area (Å²) in [5, 5.41) is 18.7. The molecule has 0 amide bonds. The predicted octanol–water partition coefficient (Wildman–Crippen LogP) is 2.44. The summed E-state index contributed by atoms with van der Waals surface area (Å²) < 4.78 is 7.28. The van der Waals surface area contributed by atoms with Crippen molar-refractivity contribution in [2.75, 3.05) is 11.5 Å². The Morgan fingerprint density at radius 2 is 1.88 bits per heavy atom. The van der Waals surface area contributed by atoms with Gasteiger partial charge in [0.2, 0.25) is 5.95 Å². The van der Waals surface area contributed by atoms with Crippen molar-refractivity contribution in [2.24, 2.45) is 5.92 Å². The molecule has 5 N–H and O–H groups in total. The Balaban J connectivity index is 1.45. The highest BCUT2D eigenvalue weighted by Crippen LogP contribution is 2.50. The van der Waals surface area contributed by atoms with Gasteiger partial charge in [-0.05, 0) is 51.2 Å². The summed E-state index contributed by atoms with van der Waals surface area (Å²) in [6.45, 7) is 5.94. The maximum absolute atomic E-state index is 10.0. The van der Waals surface area contributed by atoms with Crippen LogP contribution in [0.5, 0.6) is 0 Å². The number of rotatable bonds is 7. The maximum Gasteiger partial charge on any atom is 0.261 e. The molecule has 0 saturated heterocycles. The van der Waals surface area contributed by atoms with Crippen molar-refractivity contribution in [1.82, 2.24) is 34.9 Å². The Labute approximate surface area is 196 Å². The van der Waals surface area contributed by atoms with Gasteiger partial charge >= 0.3 is 0 Å². The molecule has 5 rings (SSSR count). The van der Waals surface area contributed by atoms with Crippen LogP contribution in [0.4, 0.5) is 11.8 Å². The van der Waals surface area contributed by atoms with E-state index in [0.29, 0.717) is 41.0 Å². The second-order valence-electron chi connectivity index (χ2n) is 9.60. The Hall–Kier alpha value is -3.86. The molecule has 4 heterocycles. The van der Waals surface area contributed by atoms with E-state index in [0.717, 1.165) is 18.4 Å². The predicted molar refractivity (Wildman–Crippen MR) is 125 cm³/mol. The number of anilines is 2. The van der Waals surface area contributed by atoms with Crippen molar-refractivity contribution in [3.8, 4) is 22.7 Å². The van der Waals surface area contributed by atoms with Crippen LogP contribution in [0, 0.1) is 5.92 Å². The fourth-order valence-electron chi connectivity index (χ4n) is 4.18. The van der Waals surface area contributed by atoms with E-state index < -0.39 is 11.0 Å². The van der Waals surface area contributed by atoms with Crippen molar-refractivity contribution >= 4 is 11.8 Å². The van der Waals surface area contributed by atoms with Crippen LogP contribution in [0.25, 0.3) is 22.7 Å². The second kappa shape index (κ2) is 7.87. The van der Waals surface area contributed by atoms with Gasteiger partial charge in [-0.2, -0.15) is 15.1 Å². The van der Waals surface area contributed by atoms with Crippen LogP contribution in [-0.2, 0) is 12.0 Å². The van der Waals surface area contributed by atoms with Gasteiger partial charge in [-0.15, -0.1) is 0 Å². The average Bonchev–Trinajstić information content (AvgIpc) is 3.34. The molecule has 1 saturated carbocycles. The topological polar surface area (TPSA) is 168 Å². The van der Waals surface area contributed by atoms with Crippen LogP contribution in [0.1, 0.15) is 45.0 Å². The third-order valence-electron chi connectivity index (χ3n) is 6.19. The van der Waals surface area contributed by atoms with Crippen molar-refractivity contribution in [2.45, 2.75) is 51.2 Å². The lowest BCUT2D eigenvalue weighted by Crippen LogP contribution is -2.28. The molecule has 1 atom stereocenters. The molecular weight excluding hydrogens is 434 g/mol. The lowest BCUT2D eigenvalue weighted by Gasteiger charge is -2.26. The highest BCUT2D eigenvalue weighted by Gasteiger charge is 2.47. The van der Waals surface area contributed by atoms with E-state index in [1.54, 1.807) is 37.1 Å². The summed E-state index contributed by atoms with van der Waals surface area (Å²) in [5.74, 6) is 1.78. The first-order valence-electron chi connectivity index (χ1n) is 11.1. The molecule has 0 unspecified atom stereocenters. The Morgan fingerprint density at radius 3 is 2.53 bits per heavy atom. The van der Waals surface area contributed by atoms with E-state index >= 15 is 0 Å². The summed E-state index contributed by atoms with van der Waals surface area (Å²) in [4.78, 5) is 17.4. The van der Waals surface area contributed by atoms with Gasteiger partial charge in [0.1, 0.15) is 5.82 Å². The van der Waals surface area contributed by atoms with E-state index in [4.69, 9.17) is 21.0 Å². The fraction of sp³-hybridized carbons (Fsp3) is 0.391. The lowest BCUT2D eigenvalue weighted by molar-refractivity contribution is 0.0577. The molecule has 4 aromatic heterocycles. The number of nitrogen functional groups attached to an aromatic ring is 2. The third kappa shape index (κ3) is 4.10. The first-order chi connectivity index (χ1) is 16.1. The number of hydrogen-bond acceptors (Lipinski definition) is 10. The molecule has 0 aromatic carbocycles. The number of pyridine rings is 1. The van der Waals surface area contributed by atoms with E-state index in [2.05, 4.69) is 32.1 Å². The van der Waals surface area contributed by atoms with Crippen LogP contribution < -0.4 is 11.5 Å². The number of aromatic nitrogens is 7. The van der Waals surface area contributed by atoms with Crippen molar-refractivity contribution in [3.05, 3.63) is 48.3 Å². The van der Waals surface area contributed by atoms with Crippen LogP contribution in [0.15, 0.2) is 41.4 Å². The minimum atomic E-state index is -0.879. The molecule has 11 heteroatoms. The number of hydrogen-bond donors (Lipinski definition) is 3. The number of nitrogens with two attached hydrogens (primary N) is 2. The van der Waals surface area contributed by atoms with Crippen molar-refractivity contribution < 1.29 is 9.63 Å². The fourth-order valence-corrected chi connectivity index (χ4v) is 4.18. The zero-order valence-electron chi connectivity index (χ0n) is 19.3.